The van der Waals surface area contributed by atoms with Crippen LogP contribution in [0.2, 0.25) is 0 Å². The summed E-state index contributed by atoms with van der Waals surface area (Å²) in [7, 11) is 0. The molecule has 0 radical (unpaired) electrons. The minimum Gasteiger partial charge on any atom is -0.304 e. The second-order valence-electron chi connectivity index (χ2n) is 5.93. The standard InChI is InChI=1S/C15H17N7O/c1-9-5-7-16-15-19-13(20-21(9)15)14(23)18-12-6-8-17-22(12)10(2)11-3-4-11/h5-8,10-11H,3-4H2,1-2H3,(H,18,23). The molecule has 0 bridgehead atoms. The summed E-state index contributed by atoms with van der Waals surface area (Å²) in [6, 6.07) is 3.88. The van der Waals surface area contributed by atoms with Crippen LogP contribution in [0.5, 0.6) is 0 Å². The summed E-state index contributed by atoms with van der Waals surface area (Å²) >= 11 is 0. The normalized spacial score (nSPS) is 15.7. The number of rotatable bonds is 4. The van der Waals surface area contributed by atoms with Crippen molar-refractivity contribution in [3.8, 4) is 0 Å². The molecular weight excluding hydrogens is 294 g/mol. The minimum atomic E-state index is -0.361. The van der Waals surface area contributed by atoms with E-state index in [9.17, 15) is 4.79 Å². The highest BCUT2D eigenvalue weighted by Crippen LogP contribution is 2.40. The number of hydrogen-bond donors (Lipinski definition) is 1. The van der Waals surface area contributed by atoms with Crippen molar-refractivity contribution in [2.45, 2.75) is 32.7 Å². The predicted octanol–water partition coefficient (Wildman–Crippen LogP) is 1.85. The fraction of sp³-hybridized carbons (Fsp3) is 0.400. The zero-order valence-electron chi connectivity index (χ0n) is 13.0. The van der Waals surface area contributed by atoms with Crippen LogP contribution < -0.4 is 5.32 Å². The molecule has 8 heteroatoms. The van der Waals surface area contributed by atoms with Gasteiger partial charge in [-0.1, -0.05) is 0 Å². The lowest BCUT2D eigenvalue weighted by Gasteiger charge is -2.14. The Morgan fingerprint density at radius 2 is 2.17 bits per heavy atom. The maximum atomic E-state index is 12.4. The SMILES string of the molecule is Cc1ccnc2nc(C(=O)Nc3ccnn3C(C)C3CC3)nn12. The first-order chi connectivity index (χ1) is 11.1. The molecule has 3 aromatic rings. The average Bonchev–Trinajstić information content (AvgIpc) is 3.12. The van der Waals surface area contributed by atoms with Gasteiger partial charge >= 0.3 is 0 Å². The Labute approximate surface area is 132 Å². The predicted molar refractivity (Wildman–Crippen MR) is 83.1 cm³/mol. The van der Waals surface area contributed by atoms with E-state index in [1.54, 1.807) is 23.0 Å². The van der Waals surface area contributed by atoms with E-state index in [0.29, 0.717) is 17.5 Å². The molecule has 4 rings (SSSR count). The first kappa shape index (κ1) is 13.9. The average molecular weight is 311 g/mol. The van der Waals surface area contributed by atoms with Gasteiger partial charge in [-0.15, -0.1) is 5.10 Å². The fourth-order valence-electron chi connectivity index (χ4n) is 2.69. The topological polar surface area (TPSA) is 90.0 Å². The number of carbonyl (C=O) groups excluding carboxylic acids is 1. The third kappa shape index (κ3) is 2.45. The van der Waals surface area contributed by atoms with E-state index in [1.807, 2.05) is 17.7 Å². The molecule has 23 heavy (non-hydrogen) atoms. The Morgan fingerprint density at radius 3 is 2.91 bits per heavy atom. The van der Waals surface area contributed by atoms with E-state index in [1.165, 1.54) is 12.8 Å². The first-order valence-corrected chi connectivity index (χ1v) is 7.67. The van der Waals surface area contributed by atoms with Gasteiger partial charge in [0.1, 0.15) is 5.82 Å². The van der Waals surface area contributed by atoms with Crippen LogP contribution in [0.25, 0.3) is 5.78 Å². The molecule has 1 atom stereocenters. The van der Waals surface area contributed by atoms with Gasteiger partial charge in [-0.2, -0.15) is 10.1 Å². The highest BCUT2D eigenvalue weighted by molar-refractivity contribution is 6.01. The van der Waals surface area contributed by atoms with E-state index in [2.05, 4.69) is 32.4 Å². The minimum absolute atomic E-state index is 0.0959. The van der Waals surface area contributed by atoms with Gasteiger partial charge in [0.15, 0.2) is 0 Å². The summed E-state index contributed by atoms with van der Waals surface area (Å²) in [4.78, 5) is 20.7. The zero-order valence-corrected chi connectivity index (χ0v) is 13.0. The van der Waals surface area contributed by atoms with Crippen LogP contribution in [0.4, 0.5) is 5.82 Å². The van der Waals surface area contributed by atoms with Crippen LogP contribution in [0.3, 0.4) is 0 Å². The number of carbonyl (C=O) groups is 1. The maximum absolute atomic E-state index is 12.4. The van der Waals surface area contributed by atoms with Crippen molar-refractivity contribution >= 4 is 17.5 Å². The van der Waals surface area contributed by atoms with Crippen LogP contribution in [0.15, 0.2) is 24.5 Å². The molecule has 0 saturated heterocycles. The van der Waals surface area contributed by atoms with Crippen molar-refractivity contribution in [2.75, 3.05) is 5.32 Å². The van der Waals surface area contributed by atoms with Gasteiger partial charge in [0.05, 0.1) is 12.2 Å². The van der Waals surface area contributed by atoms with Crippen LogP contribution in [-0.4, -0.2) is 35.3 Å². The van der Waals surface area contributed by atoms with Crippen molar-refractivity contribution < 1.29 is 4.79 Å². The van der Waals surface area contributed by atoms with E-state index in [-0.39, 0.29) is 17.8 Å². The highest BCUT2D eigenvalue weighted by atomic mass is 16.2. The number of fused-ring (bicyclic) bond motifs is 1. The van der Waals surface area contributed by atoms with Gasteiger partial charge in [-0.25, -0.2) is 14.2 Å². The van der Waals surface area contributed by atoms with Crippen molar-refractivity contribution in [1.82, 2.24) is 29.4 Å². The molecule has 3 heterocycles. The lowest BCUT2D eigenvalue weighted by atomic mass is 10.2. The molecule has 0 aromatic carbocycles. The fourth-order valence-corrected chi connectivity index (χ4v) is 2.69. The summed E-state index contributed by atoms with van der Waals surface area (Å²) in [5.74, 6) is 1.46. The Hall–Kier alpha value is -2.77. The number of amides is 1. The lowest BCUT2D eigenvalue weighted by Crippen LogP contribution is -2.19. The highest BCUT2D eigenvalue weighted by Gasteiger charge is 2.31. The third-order valence-electron chi connectivity index (χ3n) is 4.23. The van der Waals surface area contributed by atoms with Crippen molar-refractivity contribution in [1.29, 1.82) is 0 Å². The molecule has 8 nitrogen and oxygen atoms in total. The zero-order chi connectivity index (χ0) is 16.0. The number of aryl methyl sites for hydroxylation is 1. The molecule has 0 aliphatic heterocycles. The largest absolute Gasteiger partial charge is 0.304 e. The molecule has 1 fully saturated rings. The Kier molecular flexibility index (Phi) is 3.10. The third-order valence-corrected chi connectivity index (χ3v) is 4.23. The molecule has 1 aliphatic carbocycles. The molecule has 0 spiro atoms. The monoisotopic (exact) mass is 311 g/mol. The van der Waals surface area contributed by atoms with Gasteiger partial charge < -0.3 is 5.32 Å². The van der Waals surface area contributed by atoms with E-state index < -0.39 is 0 Å². The van der Waals surface area contributed by atoms with Crippen LogP contribution in [0.1, 0.15) is 42.1 Å². The van der Waals surface area contributed by atoms with Gasteiger partial charge in [0, 0.05) is 18.0 Å². The Bertz CT molecular complexity index is 877. The molecule has 1 N–H and O–H groups in total. The first-order valence-electron chi connectivity index (χ1n) is 7.67. The molecule has 118 valence electrons. The summed E-state index contributed by atoms with van der Waals surface area (Å²) in [6.07, 6.45) is 5.77. The molecule has 3 aromatic heterocycles. The van der Waals surface area contributed by atoms with Gasteiger partial charge in [0.25, 0.3) is 11.7 Å². The van der Waals surface area contributed by atoms with E-state index in [0.717, 1.165) is 5.69 Å². The number of nitrogens with one attached hydrogen (secondary N) is 1. The second-order valence-corrected chi connectivity index (χ2v) is 5.93. The van der Waals surface area contributed by atoms with Crippen molar-refractivity contribution in [2.24, 2.45) is 5.92 Å². The van der Waals surface area contributed by atoms with E-state index >= 15 is 0 Å². The quantitative estimate of drug-likeness (QED) is 0.794. The Balaban J connectivity index is 1.60. The Morgan fingerprint density at radius 1 is 1.35 bits per heavy atom. The molecule has 1 unspecified atom stereocenters. The van der Waals surface area contributed by atoms with Gasteiger partial charge in [-0.3, -0.25) is 4.79 Å². The van der Waals surface area contributed by atoms with Crippen molar-refractivity contribution in [3.05, 3.63) is 36.0 Å². The second kappa shape index (κ2) is 5.15. The van der Waals surface area contributed by atoms with Crippen LogP contribution in [-0.2, 0) is 0 Å². The van der Waals surface area contributed by atoms with Crippen LogP contribution >= 0.6 is 0 Å². The molecule has 1 aliphatic rings. The van der Waals surface area contributed by atoms with Gasteiger partial charge in [-0.05, 0) is 38.7 Å². The van der Waals surface area contributed by atoms with Crippen LogP contribution in [0, 0.1) is 12.8 Å². The number of anilines is 1. The molecule has 1 saturated carbocycles. The summed E-state index contributed by atoms with van der Waals surface area (Å²) in [6.45, 7) is 4.01. The lowest BCUT2D eigenvalue weighted by molar-refractivity contribution is 0.101. The number of hydrogen-bond acceptors (Lipinski definition) is 5. The smallest absolute Gasteiger partial charge is 0.296 e. The number of aromatic nitrogens is 6. The van der Waals surface area contributed by atoms with Crippen molar-refractivity contribution in [3.63, 3.8) is 0 Å². The van der Waals surface area contributed by atoms with Gasteiger partial charge in [0.2, 0.25) is 5.82 Å². The van der Waals surface area contributed by atoms with E-state index in [4.69, 9.17) is 0 Å². The summed E-state index contributed by atoms with van der Waals surface area (Å²) < 4.78 is 3.41. The summed E-state index contributed by atoms with van der Waals surface area (Å²) in [5, 5.41) is 11.4. The summed E-state index contributed by atoms with van der Waals surface area (Å²) in [5.41, 5.74) is 0.869. The molecular formula is C15H17N7O. The molecule has 1 amide bonds. The maximum Gasteiger partial charge on any atom is 0.296 e. The number of nitrogens with zero attached hydrogens (tertiary/aromatic N) is 6.